The van der Waals surface area contributed by atoms with Crippen molar-refractivity contribution in [2.45, 2.75) is 65.8 Å². The van der Waals surface area contributed by atoms with Crippen LogP contribution in [-0.4, -0.2) is 34.4 Å². The molecule has 0 aliphatic heterocycles. The number of thiophene rings is 1. The summed E-state index contributed by atoms with van der Waals surface area (Å²) in [5, 5.41) is 24.7. The number of hydrogen-bond donors (Lipinski definition) is 4. The highest BCUT2D eigenvalue weighted by Crippen LogP contribution is 2.53. The lowest BCUT2D eigenvalue weighted by Crippen LogP contribution is -2.57. The van der Waals surface area contributed by atoms with Crippen molar-refractivity contribution < 1.29 is 19.8 Å². The molecular formula is C27H39NO4S2. The first-order chi connectivity index (χ1) is 16.1. The SMILES string of the molecule is CC(C/C=C\CCCC(=O)O)C(NC(=O)c1csc2ccc(O)cc12)C1CC(C)C1(C)C.CS. The van der Waals surface area contributed by atoms with Crippen LogP contribution in [0.4, 0.5) is 0 Å². The Labute approximate surface area is 213 Å². The number of nitrogens with one attached hydrogen (secondary N) is 1. The number of benzene rings is 1. The van der Waals surface area contributed by atoms with Gasteiger partial charge in [0.1, 0.15) is 5.75 Å². The minimum atomic E-state index is -0.759. The summed E-state index contributed by atoms with van der Waals surface area (Å²) in [7, 11) is 0. The van der Waals surface area contributed by atoms with Crippen molar-refractivity contribution in [3.05, 3.63) is 41.3 Å². The molecule has 3 rings (SSSR count). The van der Waals surface area contributed by atoms with Crippen molar-refractivity contribution in [2.24, 2.45) is 23.2 Å². The van der Waals surface area contributed by atoms with Crippen LogP contribution in [0.3, 0.4) is 0 Å². The number of carboxylic acids is 1. The van der Waals surface area contributed by atoms with Crippen molar-refractivity contribution in [1.82, 2.24) is 5.32 Å². The van der Waals surface area contributed by atoms with E-state index in [-0.39, 0.29) is 35.5 Å². The predicted molar refractivity (Wildman–Crippen MR) is 145 cm³/mol. The van der Waals surface area contributed by atoms with Gasteiger partial charge in [0.15, 0.2) is 0 Å². The topological polar surface area (TPSA) is 86.6 Å². The summed E-state index contributed by atoms with van der Waals surface area (Å²) in [6.07, 6.45) is 9.40. The monoisotopic (exact) mass is 505 g/mol. The van der Waals surface area contributed by atoms with Crippen molar-refractivity contribution >= 4 is 45.9 Å². The number of carboxylic acid groups (broad SMARTS) is 1. The van der Waals surface area contributed by atoms with E-state index in [2.05, 4.69) is 57.8 Å². The maximum absolute atomic E-state index is 13.3. The number of carbonyl (C=O) groups is 2. The molecule has 0 spiro atoms. The van der Waals surface area contributed by atoms with E-state index in [4.69, 9.17) is 5.11 Å². The molecule has 2 aromatic rings. The van der Waals surface area contributed by atoms with Gasteiger partial charge >= 0.3 is 5.97 Å². The van der Waals surface area contributed by atoms with Crippen LogP contribution in [-0.2, 0) is 4.79 Å². The molecule has 0 saturated heterocycles. The van der Waals surface area contributed by atoms with Gasteiger partial charge in [-0.25, -0.2) is 0 Å². The third kappa shape index (κ3) is 6.79. The Morgan fingerprint density at radius 1 is 1.29 bits per heavy atom. The number of allylic oxidation sites excluding steroid dienone is 2. The molecule has 0 bridgehead atoms. The fraction of sp³-hybridized carbons (Fsp3) is 0.556. The lowest BCUT2D eigenvalue weighted by molar-refractivity contribution is -0.137. The van der Waals surface area contributed by atoms with Gasteiger partial charge in [0.25, 0.3) is 5.91 Å². The van der Waals surface area contributed by atoms with E-state index in [9.17, 15) is 14.7 Å². The molecule has 1 aromatic carbocycles. The highest BCUT2D eigenvalue weighted by molar-refractivity contribution is 7.79. The molecule has 1 fully saturated rings. The van der Waals surface area contributed by atoms with Crippen LogP contribution in [0.5, 0.6) is 5.75 Å². The number of phenolic OH excluding ortho intramolecular Hbond substituents is 1. The lowest BCUT2D eigenvalue weighted by atomic mass is 9.52. The van der Waals surface area contributed by atoms with E-state index in [1.807, 2.05) is 11.4 Å². The molecule has 3 N–H and O–H groups in total. The quantitative estimate of drug-likeness (QED) is 0.163. The molecule has 5 nitrogen and oxygen atoms in total. The smallest absolute Gasteiger partial charge is 0.303 e. The molecule has 0 radical (unpaired) electrons. The Kier molecular flexibility index (Phi) is 10.5. The fourth-order valence-electron chi connectivity index (χ4n) is 4.81. The van der Waals surface area contributed by atoms with Crippen LogP contribution in [0, 0.1) is 23.2 Å². The fourth-order valence-corrected chi connectivity index (χ4v) is 5.73. The molecule has 1 aromatic heterocycles. The maximum Gasteiger partial charge on any atom is 0.303 e. The standard InChI is InChI=1S/C26H35NO4S.CH4S/c1-16(9-7-5-6-8-10-23(29)30)24(21-13-17(2)26(21,3)4)27-25(31)20-15-32-22-12-11-18(28)14-19(20)22;1-2/h5,7,11-12,14-17,21,24,28H,6,8-10,13H2,1-4H3,(H,27,31)(H,29,30);2H,1H3/b7-5-;. The van der Waals surface area contributed by atoms with Crippen molar-refractivity contribution in [1.29, 1.82) is 0 Å². The van der Waals surface area contributed by atoms with Gasteiger partial charge in [-0.2, -0.15) is 12.6 Å². The van der Waals surface area contributed by atoms with Crippen LogP contribution in [0.2, 0.25) is 0 Å². The summed E-state index contributed by atoms with van der Waals surface area (Å²) in [4.78, 5) is 24.0. The second-order valence-corrected chi connectivity index (χ2v) is 10.8. The molecule has 4 unspecified atom stereocenters. The van der Waals surface area contributed by atoms with E-state index in [0.717, 1.165) is 29.3 Å². The van der Waals surface area contributed by atoms with Gasteiger partial charge < -0.3 is 15.5 Å². The minimum absolute atomic E-state index is 0.0460. The van der Waals surface area contributed by atoms with E-state index in [0.29, 0.717) is 23.8 Å². The van der Waals surface area contributed by atoms with Crippen molar-refractivity contribution in [3.8, 4) is 5.75 Å². The number of thiol groups is 1. The third-order valence-corrected chi connectivity index (χ3v) is 8.38. The van der Waals surface area contributed by atoms with Crippen molar-refractivity contribution in [3.63, 3.8) is 0 Å². The van der Waals surface area contributed by atoms with Crippen LogP contribution in [0.1, 0.15) is 70.2 Å². The number of fused-ring (bicyclic) bond motifs is 1. The van der Waals surface area contributed by atoms with Crippen LogP contribution >= 0.6 is 24.0 Å². The molecule has 1 aliphatic carbocycles. The Bertz CT molecular complexity index is 998. The summed E-state index contributed by atoms with van der Waals surface area (Å²) in [5.41, 5.74) is 0.777. The Morgan fingerprint density at radius 3 is 2.62 bits per heavy atom. The zero-order valence-corrected chi connectivity index (χ0v) is 22.6. The number of hydrogen-bond acceptors (Lipinski definition) is 5. The van der Waals surface area contributed by atoms with E-state index in [1.165, 1.54) is 11.3 Å². The van der Waals surface area contributed by atoms with Crippen LogP contribution in [0.25, 0.3) is 10.1 Å². The molecule has 34 heavy (non-hydrogen) atoms. The molecule has 1 heterocycles. The van der Waals surface area contributed by atoms with Crippen LogP contribution in [0.15, 0.2) is 35.7 Å². The highest BCUT2D eigenvalue weighted by Gasteiger charge is 2.50. The molecule has 1 aliphatic rings. The molecule has 1 amide bonds. The van der Waals surface area contributed by atoms with Gasteiger partial charge in [0.05, 0.1) is 5.56 Å². The number of carbonyl (C=O) groups excluding carboxylic acids is 1. The van der Waals surface area contributed by atoms with Crippen LogP contribution < -0.4 is 5.32 Å². The van der Waals surface area contributed by atoms with Gasteiger partial charge in [-0.15, -0.1) is 11.3 Å². The van der Waals surface area contributed by atoms with Gasteiger partial charge in [-0.05, 0) is 73.3 Å². The average molecular weight is 506 g/mol. The maximum atomic E-state index is 13.3. The van der Waals surface area contributed by atoms with Gasteiger partial charge in [-0.1, -0.05) is 39.8 Å². The summed E-state index contributed by atoms with van der Waals surface area (Å²) in [6.45, 7) is 9.04. The zero-order valence-electron chi connectivity index (χ0n) is 20.9. The Hall–Kier alpha value is -1.99. The van der Waals surface area contributed by atoms with E-state index < -0.39 is 5.97 Å². The first-order valence-corrected chi connectivity index (χ1v) is 13.7. The number of aliphatic carboxylic acids is 1. The third-order valence-electron chi connectivity index (χ3n) is 7.42. The lowest BCUT2D eigenvalue weighted by Gasteiger charge is -2.55. The number of phenols is 1. The van der Waals surface area contributed by atoms with Gasteiger partial charge in [0, 0.05) is 27.9 Å². The Morgan fingerprint density at radius 2 is 2.00 bits per heavy atom. The van der Waals surface area contributed by atoms with Gasteiger partial charge in [0.2, 0.25) is 0 Å². The molecule has 1 saturated carbocycles. The largest absolute Gasteiger partial charge is 0.508 e. The average Bonchev–Trinajstić information content (AvgIpc) is 3.22. The molecular weight excluding hydrogens is 466 g/mol. The van der Waals surface area contributed by atoms with E-state index >= 15 is 0 Å². The van der Waals surface area contributed by atoms with Gasteiger partial charge in [-0.3, -0.25) is 9.59 Å². The summed E-state index contributed by atoms with van der Waals surface area (Å²) >= 11 is 5.04. The molecule has 7 heteroatoms. The number of unbranched alkanes of at least 4 members (excludes halogenated alkanes) is 1. The molecule has 4 atom stereocenters. The number of aromatic hydroxyl groups is 1. The summed E-state index contributed by atoms with van der Waals surface area (Å²) in [6, 6.07) is 5.20. The Balaban J connectivity index is 0.00000199. The van der Waals surface area contributed by atoms with E-state index in [1.54, 1.807) is 18.4 Å². The normalized spacial score (nSPS) is 20.8. The number of rotatable bonds is 10. The predicted octanol–water partition coefficient (Wildman–Crippen LogP) is 6.77. The molecule has 188 valence electrons. The second kappa shape index (κ2) is 12.6. The first-order valence-electron chi connectivity index (χ1n) is 11.9. The van der Waals surface area contributed by atoms with Crippen molar-refractivity contribution in [2.75, 3.05) is 6.26 Å². The summed E-state index contributed by atoms with van der Waals surface area (Å²) in [5.74, 6) is 0.589. The minimum Gasteiger partial charge on any atom is -0.508 e. The number of amides is 1. The summed E-state index contributed by atoms with van der Waals surface area (Å²) < 4.78 is 0.986. The first kappa shape index (κ1) is 28.2. The zero-order chi connectivity index (χ0) is 25.5. The second-order valence-electron chi connectivity index (χ2n) is 9.86. The highest BCUT2D eigenvalue weighted by atomic mass is 32.1.